The van der Waals surface area contributed by atoms with Crippen molar-refractivity contribution in [3.63, 3.8) is 0 Å². The Morgan fingerprint density at radius 1 is 1.24 bits per heavy atom. The van der Waals surface area contributed by atoms with E-state index in [1.165, 1.54) is 0 Å². The van der Waals surface area contributed by atoms with Crippen LogP contribution in [-0.4, -0.2) is 10.1 Å². The molecule has 1 aromatic heterocycles. The average molecular weight is 294 g/mol. The molecule has 0 aliphatic heterocycles. The van der Waals surface area contributed by atoms with E-state index in [9.17, 15) is 5.11 Å². The number of ether oxygens (including phenoxy) is 1. The molecule has 0 amide bonds. The second-order valence-electron chi connectivity index (χ2n) is 3.64. The number of hydrogen-bond acceptors (Lipinski definition) is 3. The highest BCUT2D eigenvalue weighted by Gasteiger charge is 2.04. The van der Waals surface area contributed by atoms with Crippen molar-refractivity contribution >= 4 is 15.9 Å². The number of rotatable bonds is 3. The first kappa shape index (κ1) is 12.1. The molecule has 0 aliphatic rings. The number of pyridine rings is 1. The first-order valence-corrected chi connectivity index (χ1v) is 6.02. The zero-order chi connectivity index (χ0) is 12.3. The van der Waals surface area contributed by atoms with Crippen molar-refractivity contribution in [1.82, 2.24) is 4.98 Å². The van der Waals surface area contributed by atoms with Gasteiger partial charge in [0.15, 0.2) is 0 Å². The molecule has 0 spiro atoms. The Bertz CT molecular complexity index is 497. The monoisotopic (exact) mass is 293 g/mol. The minimum Gasteiger partial charge on any atom is -0.438 e. The van der Waals surface area contributed by atoms with Crippen molar-refractivity contribution in [2.45, 2.75) is 13.0 Å². The molecule has 0 saturated carbocycles. The lowest BCUT2D eigenvalue weighted by Crippen LogP contribution is -1.93. The van der Waals surface area contributed by atoms with Crippen LogP contribution in [0.1, 0.15) is 18.6 Å². The van der Waals surface area contributed by atoms with Gasteiger partial charge >= 0.3 is 0 Å². The lowest BCUT2D eigenvalue weighted by atomic mass is 10.2. The third-order valence-electron chi connectivity index (χ3n) is 2.29. The van der Waals surface area contributed by atoms with Crippen molar-refractivity contribution in [2.24, 2.45) is 0 Å². The van der Waals surface area contributed by atoms with Gasteiger partial charge in [0, 0.05) is 12.3 Å². The Morgan fingerprint density at radius 2 is 2.00 bits per heavy atom. The molecule has 2 rings (SSSR count). The summed E-state index contributed by atoms with van der Waals surface area (Å²) in [7, 11) is 0. The highest BCUT2D eigenvalue weighted by molar-refractivity contribution is 9.10. The minimum atomic E-state index is -0.514. The summed E-state index contributed by atoms with van der Waals surface area (Å²) >= 11 is 3.40. The van der Waals surface area contributed by atoms with E-state index in [2.05, 4.69) is 20.9 Å². The van der Waals surface area contributed by atoms with E-state index in [0.29, 0.717) is 11.6 Å². The van der Waals surface area contributed by atoms with Gasteiger partial charge in [0.1, 0.15) is 5.75 Å². The van der Waals surface area contributed by atoms with Gasteiger partial charge in [-0.05, 0) is 46.6 Å². The Balaban J connectivity index is 2.17. The normalized spacial score (nSPS) is 12.2. The van der Waals surface area contributed by atoms with E-state index in [-0.39, 0.29) is 0 Å². The molecular formula is C13H12BrNO2. The Kier molecular flexibility index (Phi) is 3.76. The molecular weight excluding hydrogens is 282 g/mol. The summed E-state index contributed by atoms with van der Waals surface area (Å²) in [6.07, 6.45) is 1.09. The average Bonchev–Trinajstić information content (AvgIpc) is 2.33. The van der Waals surface area contributed by atoms with Crippen LogP contribution in [-0.2, 0) is 0 Å². The fourth-order valence-electron chi connectivity index (χ4n) is 1.34. The number of nitrogens with zero attached hydrogens (tertiary/aromatic N) is 1. The maximum absolute atomic E-state index is 9.36. The van der Waals surface area contributed by atoms with Gasteiger partial charge in [-0.25, -0.2) is 4.98 Å². The molecule has 0 fully saturated rings. The van der Waals surface area contributed by atoms with Crippen LogP contribution in [0, 0.1) is 0 Å². The van der Waals surface area contributed by atoms with E-state index < -0.39 is 6.10 Å². The summed E-state index contributed by atoms with van der Waals surface area (Å²) in [5.74, 6) is 1.21. The Hall–Kier alpha value is -1.39. The number of aliphatic hydroxyl groups excluding tert-OH is 1. The minimum absolute atomic E-state index is 0.501. The van der Waals surface area contributed by atoms with E-state index in [1.807, 2.05) is 24.3 Å². The van der Waals surface area contributed by atoms with Crippen molar-refractivity contribution in [3.8, 4) is 11.6 Å². The molecule has 88 valence electrons. The van der Waals surface area contributed by atoms with Gasteiger partial charge in [0.05, 0.1) is 10.6 Å². The molecule has 17 heavy (non-hydrogen) atoms. The van der Waals surface area contributed by atoms with E-state index in [1.54, 1.807) is 25.3 Å². The van der Waals surface area contributed by atoms with Gasteiger partial charge in [0.2, 0.25) is 5.88 Å². The van der Waals surface area contributed by atoms with Crippen LogP contribution in [0.5, 0.6) is 11.6 Å². The molecule has 0 bridgehead atoms. The van der Waals surface area contributed by atoms with Gasteiger partial charge in [-0.2, -0.15) is 0 Å². The zero-order valence-corrected chi connectivity index (χ0v) is 10.9. The lowest BCUT2D eigenvalue weighted by Gasteiger charge is -2.08. The van der Waals surface area contributed by atoms with Gasteiger partial charge in [0.25, 0.3) is 0 Å². The van der Waals surface area contributed by atoms with E-state index >= 15 is 0 Å². The second-order valence-corrected chi connectivity index (χ2v) is 4.49. The maximum Gasteiger partial charge on any atom is 0.219 e. The van der Waals surface area contributed by atoms with Crippen LogP contribution in [0.15, 0.2) is 47.1 Å². The summed E-state index contributed by atoms with van der Waals surface area (Å²) in [5, 5.41) is 9.36. The summed E-state index contributed by atoms with van der Waals surface area (Å²) in [5.41, 5.74) is 0.768. The lowest BCUT2D eigenvalue weighted by molar-refractivity contribution is 0.198. The van der Waals surface area contributed by atoms with Crippen LogP contribution >= 0.6 is 15.9 Å². The molecule has 0 saturated heterocycles. The fourth-order valence-corrected chi connectivity index (χ4v) is 1.71. The van der Waals surface area contributed by atoms with E-state index in [0.717, 1.165) is 10.0 Å². The summed E-state index contributed by atoms with van der Waals surface area (Å²) in [6.45, 7) is 1.70. The highest BCUT2D eigenvalue weighted by atomic mass is 79.9. The van der Waals surface area contributed by atoms with Crippen LogP contribution in [0.3, 0.4) is 0 Å². The molecule has 0 aliphatic carbocycles. The number of aromatic nitrogens is 1. The summed E-state index contributed by atoms with van der Waals surface area (Å²) in [4.78, 5) is 4.13. The number of halogens is 1. The molecule has 1 aromatic carbocycles. The van der Waals surface area contributed by atoms with Crippen LogP contribution in [0.4, 0.5) is 0 Å². The molecule has 1 heterocycles. The van der Waals surface area contributed by atoms with Crippen molar-refractivity contribution in [1.29, 1.82) is 0 Å². The zero-order valence-electron chi connectivity index (χ0n) is 9.30. The predicted octanol–water partition coefficient (Wildman–Crippen LogP) is 3.69. The Morgan fingerprint density at radius 3 is 2.59 bits per heavy atom. The molecule has 2 aromatic rings. The molecule has 0 radical (unpaired) electrons. The molecule has 1 unspecified atom stereocenters. The largest absolute Gasteiger partial charge is 0.438 e. The van der Waals surface area contributed by atoms with Gasteiger partial charge in [-0.1, -0.05) is 12.1 Å². The second kappa shape index (κ2) is 5.29. The molecule has 4 heteroatoms. The number of benzene rings is 1. The summed E-state index contributed by atoms with van der Waals surface area (Å²) in [6, 6.07) is 11.1. The number of aliphatic hydroxyl groups is 1. The topological polar surface area (TPSA) is 42.4 Å². The standard InChI is InChI=1S/C13H12BrNO2/c1-9(16)10-6-7-13(15-8-10)17-12-5-3-2-4-11(12)14/h2-9,16H,1H3. The van der Waals surface area contributed by atoms with Crippen LogP contribution in [0.25, 0.3) is 0 Å². The third kappa shape index (κ3) is 3.05. The van der Waals surface area contributed by atoms with Crippen molar-refractivity contribution in [2.75, 3.05) is 0 Å². The third-order valence-corrected chi connectivity index (χ3v) is 2.95. The highest BCUT2D eigenvalue weighted by Crippen LogP contribution is 2.28. The number of hydrogen-bond donors (Lipinski definition) is 1. The van der Waals surface area contributed by atoms with Crippen molar-refractivity contribution in [3.05, 3.63) is 52.6 Å². The fraction of sp³-hybridized carbons (Fsp3) is 0.154. The van der Waals surface area contributed by atoms with Crippen LogP contribution < -0.4 is 4.74 Å². The van der Waals surface area contributed by atoms with Gasteiger partial charge < -0.3 is 9.84 Å². The first-order valence-electron chi connectivity index (χ1n) is 5.23. The van der Waals surface area contributed by atoms with Gasteiger partial charge in [-0.3, -0.25) is 0 Å². The molecule has 3 nitrogen and oxygen atoms in total. The molecule has 1 N–H and O–H groups in total. The van der Waals surface area contributed by atoms with E-state index in [4.69, 9.17) is 4.74 Å². The Labute approximate surface area is 108 Å². The number of para-hydroxylation sites is 1. The van der Waals surface area contributed by atoms with Crippen molar-refractivity contribution < 1.29 is 9.84 Å². The van der Waals surface area contributed by atoms with Crippen LogP contribution in [0.2, 0.25) is 0 Å². The quantitative estimate of drug-likeness (QED) is 0.938. The molecule has 1 atom stereocenters. The maximum atomic E-state index is 9.36. The summed E-state index contributed by atoms with van der Waals surface area (Å²) < 4.78 is 6.48. The predicted molar refractivity (Wildman–Crippen MR) is 69.1 cm³/mol. The smallest absolute Gasteiger partial charge is 0.219 e. The SMILES string of the molecule is CC(O)c1ccc(Oc2ccccc2Br)nc1. The first-order chi connectivity index (χ1) is 8.16. The van der Waals surface area contributed by atoms with Gasteiger partial charge in [-0.15, -0.1) is 0 Å².